The number of anilines is 1. The molecule has 0 fully saturated rings. The Bertz CT molecular complexity index is 350. The fourth-order valence-corrected chi connectivity index (χ4v) is 1.18. The van der Waals surface area contributed by atoms with Gasteiger partial charge in [-0.15, -0.1) is 0 Å². The molecule has 0 aromatic carbocycles. The Morgan fingerprint density at radius 1 is 1.50 bits per heavy atom. The molecule has 2 N–H and O–H groups in total. The van der Waals surface area contributed by atoms with Gasteiger partial charge in [0.1, 0.15) is 5.82 Å². The number of carbonyl (C=O) groups excluding carboxylic acids is 1. The minimum absolute atomic E-state index is 0.00277. The summed E-state index contributed by atoms with van der Waals surface area (Å²) in [4.78, 5) is 15.5. The van der Waals surface area contributed by atoms with Gasteiger partial charge in [0, 0.05) is 12.7 Å². The molecule has 88 valence electrons. The van der Waals surface area contributed by atoms with Gasteiger partial charge in [-0.25, -0.2) is 4.98 Å². The van der Waals surface area contributed by atoms with Crippen LogP contribution in [0, 0.1) is 12.8 Å². The summed E-state index contributed by atoms with van der Waals surface area (Å²) < 4.78 is 0. The molecule has 0 aliphatic rings. The van der Waals surface area contributed by atoms with Crippen molar-refractivity contribution >= 4 is 11.7 Å². The Labute approximate surface area is 96.5 Å². The second kappa shape index (κ2) is 6.10. The summed E-state index contributed by atoms with van der Waals surface area (Å²) in [5.74, 6) is 1.21. The third-order valence-corrected chi connectivity index (χ3v) is 2.05. The lowest BCUT2D eigenvalue weighted by Gasteiger charge is -2.09. The molecule has 1 heterocycles. The lowest BCUT2D eigenvalue weighted by atomic mass is 10.2. The van der Waals surface area contributed by atoms with Gasteiger partial charge >= 0.3 is 0 Å². The van der Waals surface area contributed by atoms with E-state index in [2.05, 4.69) is 29.5 Å². The largest absolute Gasteiger partial charge is 0.361 e. The first-order valence-electron chi connectivity index (χ1n) is 5.51. The SMILES string of the molecule is Cc1ccnc(NCC(=O)NCC(C)C)c1. The molecule has 4 nitrogen and oxygen atoms in total. The maximum atomic E-state index is 11.4. The predicted octanol–water partition coefficient (Wildman–Crippen LogP) is 1.57. The second-order valence-electron chi connectivity index (χ2n) is 4.27. The van der Waals surface area contributed by atoms with Crippen LogP contribution in [0.5, 0.6) is 0 Å². The zero-order valence-electron chi connectivity index (χ0n) is 10.1. The maximum absolute atomic E-state index is 11.4. The zero-order chi connectivity index (χ0) is 12.0. The van der Waals surface area contributed by atoms with E-state index in [1.807, 2.05) is 19.1 Å². The minimum atomic E-state index is -0.00277. The first kappa shape index (κ1) is 12.5. The average Bonchev–Trinajstić information content (AvgIpc) is 2.23. The van der Waals surface area contributed by atoms with Gasteiger partial charge in [-0.3, -0.25) is 4.79 Å². The highest BCUT2D eigenvalue weighted by Crippen LogP contribution is 2.04. The quantitative estimate of drug-likeness (QED) is 0.793. The van der Waals surface area contributed by atoms with E-state index >= 15 is 0 Å². The van der Waals surface area contributed by atoms with Crippen molar-refractivity contribution in [3.05, 3.63) is 23.9 Å². The molecule has 0 bridgehead atoms. The van der Waals surface area contributed by atoms with Crippen LogP contribution < -0.4 is 10.6 Å². The Hall–Kier alpha value is -1.58. The molecular weight excluding hydrogens is 202 g/mol. The highest BCUT2D eigenvalue weighted by Gasteiger charge is 2.02. The molecule has 0 saturated heterocycles. The molecule has 0 aliphatic carbocycles. The third kappa shape index (κ3) is 4.77. The molecule has 16 heavy (non-hydrogen) atoms. The molecule has 0 saturated carbocycles. The smallest absolute Gasteiger partial charge is 0.239 e. The van der Waals surface area contributed by atoms with Crippen molar-refractivity contribution in [2.45, 2.75) is 20.8 Å². The van der Waals surface area contributed by atoms with Gasteiger partial charge in [0.2, 0.25) is 5.91 Å². The summed E-state index contributed by atoms with van der Waals surface area (Å²) in [6, 6.07) is 3.83. The van der Waals surface area contributed by atoms with E-state index in [0.29, 0.717) is 12.5 Å². The monoisotopic (exact) mass is 221 g/mol. The lowest BCUT2D eigenvalue weighted by molar-refractivity contribution is -0.119. The number of nitrogens with one attached hydrogen (secondary N) is 2. The number of pyridine rings is 1. The highest BCUT2D eigenvalue weighted by atomic mass is 16.1. The van der Waals surface area contributed by atoms with Crippen LogP contribution in [0.3, 0.4) is 0 Å². The Balaban J connectivity index is 2.31. The van der Waals surface area contributed by atoms with Crippen molar-refractivity contribution in [1.82, 2.24) is 10.3 Å². The summed E-state index contributed by atoms with van der Waals surface area (Å²) in [6.45, 7) is 7.10. The summed E-state index contributed by atoms with van der Waals surface area (Å²) >= 11 is 0. The molecule has 0 atom stereocenters. The van der Waals surface area contributed by atoms with Gasteiger partial charge in [-0.1, -0.05) is 13.8 Å². The molecule has 0 radical (unpaired) electrons. The van der Waals surface area contributed by atoms with Gasteiger partial charge in [-0.2, -0.15) is 0 Å². The van der Waals surface area contributed by atoms with Gasteiger partial charge < -0.3 is 10.6 Å². The molecule has 1 amide bonds. The molecule has 0 aliphatic heterocycles. The minimum Gasteiger partial charge on any atom is -0.361 e. The normalized spacial score (nSPS) is 10.2. The Kier molecular flexibility index (Phi) is 4.76. The number of amides is 1. The fourth-order valence-electron chi connectivity index (χ4n) is 1.18. The van der Waals surface area contributed by atoms with E-state index in [9.17, 15) is 4.79 Å². The van der Waals surface area contributed by atoms with Crippen LogP contribution >= 0.6 is 0 Å². The number of carbonyl (C=O) groups is 1. The predicted molar refractivity (Wildman–Crippen MR) is 65.3 cm³/mol. The summed E-state index contributed by atoms with van der Waals surface area (Å²) in [5.41, 5.74) is 1.13. The Morgan fingerprint density at radius 2 is 2.25 bits per heavy atom. The maximum Gasteiger partial charge on any atom is 0.239 e. The lowest BCUT2D eigenvalue weighted by Crippen LogP contribution is -2.32. The Morgan fingerprint density at radius 3 is 2.88 bits per heavy atom. The van der Waals surface area contributed by atoms with Crippen molar-refractivity contribution < 1.29 is 4.79 Å². The average molecular weight is 221 g/mol. The van der Waals surface area contributed by atoms with Crippen molar-refractivity contribution in [3.63, 3.8) is 0 Å². The van der Waals surface area contributed by atoms with Gasteiger partial charge in [0.25, 0.3) is 0 Å². The van der Waals surface area contributed by atoms with Crippen LogP contribution in [0.4, 0.5) is 5.82 Å². The third-order valence-electron chi connectivity index (χ3n) is 2.05. The van der Waals surface area contributed by atoms with Crippen molar-refractivity contribution in [3.8, 4) is 0 Å². The van der Waals surface area contributed by atoms with Crippen LogP contribution in [-0.4, -0.2) is 24.0 Å². The van der Waals surface area contributed by atoms with Crippen molar-refractivity contribution in [2.75, 3.05) is 18.4 Å². The first-order chi connectivity index (χ1) is 7.58. The van der Waals surface area contributed by atoms with Crippen LogP contribution in [0.25, 0.3) is 0 Å². The van der Waals surface area contributed by atoms with E-state index in [1.165, 1.54) is 0 Å². The van der Waals surface area contributed by atoms with E-state index in [4.69, 9.17) is 0 Å². The number of hydrogen-bond acceptors (Lipinski definition) is 3. The molecule has 1 rings (SSSR count). The van der Waals surface area contributed by atoms with Crippen molar-refractivity contribution in [1.29, 1.82) is 0 Å². The second-order valence-corrected chi connectivity index (χ2v) is 4.27. The first-order valence-corrected chi connectivity index (χ1v) is 5.51. The number of aryl methyl sites for hydroxylation is 1. The summed E-state index contributed by atoms with van der Waals surface area (Å²) in [6.07, 6.45) is 1.73. The topological polar surface area (TPSA) is 54.0 Å². The molecular formula is C12H19N3O. The van der Waals surface area contributed by atoms with Crippen LogP contribution in [0.15, 0.2) is 18.3 Å². The molecule has 0 unspecified atom stereocenters. The van der Waals surface area contributed by atoms with E-state index in [0.717, 1.165) is 11.4 Å². The molecule has 1 aromatic rings. The number of nitrogens with zero attached hydrogens (tertiary/aromatic N) is 1. The summed E-state index contributed by atoms with van der Waals surface area (Å²) in [5, 5.41) is 5.82. The standard InChI is InChI=1S/C12H19N3O/c1-9(2)7-15-12(16)8-14-11-6-10(3)4-5-13-11/h4-6,9H,7-8H2,1-3H3,(H,13,14)(H,15,16). The number of hydrogen-bond donors (Lipinski definition) is 2. The number of rotatable bonds is 5. The van der Waals surface area contributed by atoms with Crippen LogP contribution in [0.1, 0.15) is 19.4 Å². The number of aromatic nitrogens is 1. The van der Waals surface area contributed by atoms with Crippen LogP contribution in [-0.2, 0) is 4.79 Å². The zero-order valence-corrected chi connectivity index (χ0v) is 10.1. The fraction of sp³-hybridized carbons (Fsp3) is 0.500. The molecule has 0 spiro atoms. The van der Waals surface area contributed by atoms with Gasteiger partial charge in [0.15, 0.2) is 0 Å². The van der Waals surface area contributed by atoms with Gasteiger partial charge in [-0.05, 0) is 30.5 Å². The highest BCUT2D eigenvalue weighted by molar-refractivity contribution is 5.80. The van der Waals surface area contributed by atoms with Crippen LogP contribution in [0.2, 0.25) is 0 Å². The van der Waals surface area contributed by atoms with E-state index in [1.54, 1.807) is 6.20 Å². The van der Waals surface area contributed by atoms with Gasteiger partial charge in [0.05, 0.1) is 6.54 Å². The van der Waals surface area contributed by atoms with E-state index in [-0.39, 0.29) is 12.5 Å². The molecule has 1 aromatic heterocycles. The van der Waals surface area contributed by atoms with Crippen molar-refractivity contribution in [2.24, 2.45) is 5.92 Å². The molecule has 4 heteroatoms. The summed E-state index contributed by atoms with van der Waals surface area (Å²) in [7, 11) is 0. The van der Waals surface area contributed by atoms with E-state index < -0.39 is 0 Å².